The number of hydrogen-bond donors (Lipinski definition) is 1. The molecule has 0 spiro atoms. The van der Waals surface area contributed by atoms with Crippen molar-refractivity contribution in [2.24, 2.45) is 0 Å². The van der Waals surface area contributed by atoms with E-state index in [4.69, 9.17) is 16.3 Å². The number of likely N-dealkylation sites (N-methyl/N-ethyl adjacent to an activating group) is 1. The number of piperazine rings is 1. The van der Waals surface area contributed by atoms with E-state index in [0.29, 0.717) is 11.6 Å². The van der Waals surface area contributed by atoms with Crippen LogP contribution in [0.15, 0.2) is 18.2 Å². The molecule has 6 heteroatoms. The lowest BCUT2D eigenvalue weighted by molar-refractivity contribution is -0.126. The van der Waals surface area contributed by atoms with E-state index in [0.717, 1.165) is 56.9 Å². The quantitative estimate of drug-likeness (QED) is 0.713. The fourth-order valence-electron chi connectivity index (χ4n) is 2.90. The minimum absolute atomic E-state index is 0.133. The molecular weight excluding hydrogens is 338 g/mol. The van der Waals surface area contributed by atoms with Gasteiger partial charge in [0.05, 0.1) is 11.4 Å². The topological polar surface area (TPSA) is 44.8 Å². The number of ether oxygens (including phenoxy) is 1. The van der Waals surface area contributed by atoms with Crippen molar-refractivity contribution < 1.29 is 9.53 Å². The second kappa shape index (κ2) is 10.00. The Hall–Kier alpha value is -1.30. The lowest BCUT2D eigenvalue weighted by Gasteiger charge is -2.36. The molecule has 1 aliphatic heterocycles. The van der Waals surface area contributed by atoms with Crippen LogP contribution in [0.25, 0.3) is 0 Å². The molecule has 1 heterocycles. The monoisotopic (exact) mass is 367 g/mol. The van der Waals surface area contributed by atoms with Crippen LogP contribution in [0.1, 0.15) is 33.6 Å². The van der Waals surface area contributed by atoms with E-state index >= 15 is 0 Å². The van der Waals surface area contributed by atoms with Crippen LogP contribution in [0.5, 0.6) is 0 Å². The summed E-state index contributed by atoms with van der Waals surface area (Å²) in [5.41, 5.74) is 1.78. The summed E-state index contributed by atoms with van der Waals surface area (Å²) in [7, 11) is 0. The minimum atomic E-state index is -0.477. The first-order valence-corrected chi connectivity index (χ1v) is 9.62. The van der Waals surface area contributed by atoms with Crippen LogP contribution in [0.4, 0.5) is 11.4 Å². The van der Waals surface area contributed by atoms with Crippen molar-refractivity contribution in [3.63, 3.8) is 0 Å². The van der Waals surface area contributed by atoms with Gasteiger partial charge in [0.15, 0.2) is 0 Å². The number of unbranched alkanes of at least 4 members (excludes halogenated alkanes) is 1. The van der Waals surface area contributed by atoms with Crippen molar-refractivity contribution in [3.8, 4) is 0 Å². The van der Waals surface area contributed by atoms with E-state index < -0.39 is 6.10 Å². The molecule has 1 aromatic carbocycles. The van der Waals surface area contributed by atoms with E-state index in [1.807, 2.05) is 18.2 Å². The van der Waals surface area contributed by atoms with E-state index in [2.05, 4.69) is 29.0 Å². The molecule has 0 bridgehead atoms. The average molecular weight is 368 g/mol. The molecule has 1 unspecified atom stereocenters. The van der Waals surface area contributed by atoms with Gasteiger partial charge in [0.1, 0.15) is 6.10 Å². The molecule has 25 heavy (non-hydrogen) atoms. The maximum absolute atomic E-state index is 12.4. The second-order valence-electron chi connectivity index (χ2n) is 6.44. The van der Waals surface area contributed by atoms with Crippen molar-refractivity contribution in [1.29, 1.82) is 0 Å². The summed E-state index contributed by atoms with van der Waals surface area (Å²) in [5.74, 6) is -0.133. The minimum Gasteiger partial charge on any atom is -0.369 e. The maximum Gasteiger partial charge on any atom is 0.253 e. The standard InChI is InChI=1S/C19H30ClN3O2/c1-4-6-13-25-15(3)19(24)21-17-14-16(20)7-8-18(17)23-11-9-22(5-2)10-12-23/h7-8,14-15H,4-6,9-13H2,1-3H3,(H,21,24). The zero-order valence-corrected chi connectivity index (χ0v) is 16.3. The first-order valence-electron chi connectivity index (χ1n) is 9.24. The van der Waals surface area contributed by atoms with Gasteiger partial charge in [0.25, 0.3) is 5.91 Å². The van der Waals surface area contributed by atoms with Gasteiger partial charge in [-0.25, -0.2) is 0 Å². The Morgan fingerprint density at radius 3 is 2.64 bits per heavy atom. The van der Waals surface area contributed by atoms with Gasteiger partial charge in [-0.05, 0) is 38.1 Å². The largest absolute Gasteiger partial charge is 0.369 e. The van der Waals surface area contributed by atoms with Crippen LogP contribution in [-0.2, 0) is 9.53 Å². The third-order valence-electron chi connectivity index (χ3n) is 4.61. The lowest BCUT2D eigenvalue weighted by Crippen LogP contribution is -2.46. The number of carbonyl (C=O) groups excluding carboxylic acids is 1. The zero-order chi connectivity index (χ0) is 18.2. The Morgan fingerprint density at radius 1 is 1.28 bits per heavy atom. The lowest BCUT2D eigenvalue weighted by atomic mass is 10.2. The van der Waals surface area contributed by atoms with Gasteiger partial charge in [-0.2, -0.15) is 0 Å². The SMILES string of the molecule is CCCCOC(C)C(=O)Nc1cc(Cl)ccc1N1CCN(CC)CC1. The highest BCUT2D eigenvalue weighted by Crippen LogP contribution is 2.30. The van der Waals surface area contributed by atoms with Crippen LogP contribution < -0.4 is 10.2 Å². The summed E-state index contributed by atoms with van der Waals surface area (Å²) in [5, 5.41) is 3.61. The third kappa shape index (κ3) is 5.87. The molecule has 0 aliphatic carbocycles. The van der Waals surface area contributed by atoms with Crippen molar-refractivity contribution in [1.82, 2.24) is 4.90 Å². The smallest absolute Gasteiger partial charge is 0.253 e. The van der Waals surface area contributed by atoms with Gasteiger partial charge in [-0.1, -0.05) is 31.9 Å². The average Bonchev–Trinajstić information content (AvgIpc) is 2.62. The van der Waals surface area contributed by atoms with Crippen molar-refractivity contribution in [2.45, 2.75) is 39.7 Å². The van der Waals surface area contributed by atoms with Gasteiger partial charge in [-0.3, -0.25) is 4.79 Å². The highest BCUT2D eigenvalue weighted by molar-refractivity contribution is 6.31. The number of amides is 1. The number of rotatable bonds is 8. The molecule has 140 valence electrons. The van der Waals surface area contributed by atoms with Crippen LogP contribution in [0, 0.1) is 0 Å². The van der Waals surface area contributed by atoms with Crippen molar-refractivity contribution in [3.05, 3.63) is 23.2 Å². The molecule has 5 nitrogen and oxygen atoms in total. The van der Waals surface area contributed by atoms with Crippen molar-refractivity contribution in [2.75, 3.05) is 49.5 Å². The van der Waals surface area contributed by atoms with E-state index in [-0.39, 0.29) is 5.91 Å². The molecule has 1 aliphatic rings. The molecule has 1 atom stereocenters. The second-order valence-corrected chi connectivity index (χ2v) is 6.88. The van der Waals surface area contributed by atoms with Gasteiger partial charge in [0, 0.05) is 37.8 Å². The molecule has 1 saturated heterocycles. The Balaban J connectivity index is 2.04. The number of hydrogen-bond acceptors (Lipinski definition) is 4. The van der Waals surface area contributed by atoms with Crippen LogP contribution in [0.2, 0.25) is 5.02 Å². The molecular formula is C19H30ClN3O2. The number of halogens is 1. The molecule has 1 N–H and O–H groups in total. The fraction of sp³-hybridized carbons (Fsp3) is 0.632. The Labute approximate surface area is 156 Å². The summed E-state index contributed by atoms with van der Waals surface area (Å²) < 4.78 is 5.60. The van der Waals surface area contributed by atoms with E-state index in [9.17, 15) is 4.79 Å². The highest BCUT2D eigenvalue weighted by atomic mass is 35.5. The summed E-state index contributed by atoms with van der Waals surface area (Å²) in [6, 6.07) is 5.68. The van der Waals surface area contributed by atoms with Crippen molar-refractivity contribution >= 4 is 28.9 Å². The Kier molecular flexibility index (Phi) is 8.00. The third-order valence-corrected chi connectivity index (χ3v) is 4.85. The molecule has 2 rings (SSSR count). The molecule has 0 radical (unpaired) electrons. The predicted molar refractivity (Wildman–Crippen MR) is 105 cm³/mol. The summed E-state index contributed by atoms with van der Waals surface area (Å²) in [4.78, 5) is 17.2. The molecule has 0 saturated carbocycles. The van der Waals surface area contributed by atoms with Crippen LogP contribution >= 0.6 is 11.6 Å². The Bertz CT molecular complexity index is 560. The molecule has 1 amide bonds. The summed E-state index contributed by atoms with van der Waals surface area (Å²) in [6.07, 6.45) is 1.54. The number of benzene rings is 1. The zero-order valence-electron chi connectivity index (χ0n) is 15.6. The fourth-order valence-corrected chi connectivity index (χ4v) is 3.08. The number of anilines is 2. The summed E-state index contributed by atoms with van der Waals surface area (Å²) >= 11 is 6.16. The van der Waals surface area contributed by atoms with Gasteiger partial charge >= 0.3 is 0 Å². The normalized spacial score (nSPS) is 16.7. The predicted octanol–water partition coefficient (Wildman–Crippen LogP) is 3.63. The van der Waals surface area contributed by atoms with Gasteiger partial charge in [0.2, 0.25) is 0 Å². The first kappa shape index (κ1) is 20.0. The molecule has 0 aromatic heterocycles. The van der Waals surface area contributed by atoms with Gasteiger partial charge in [-0.15, -0.1) is 0 Å². The first-order chi connectivity index (χ1) is 12.0. The molecule has 1 fully saturated rings. The highest BCUT2D eigenvalue weighted by Gasteiger charge is 2.21. The van der Waals surface area contributed by atoms with Crippen LogP contribution in [-0.4, -0.2) is 56.2 Å². The Morgan fingerprint density at radius 2 is 2.00 bits per heavy atom. The maximum atomic E-state index is 12.4. The van der Waals surface area contributed by atoms with Crippen LogP contribution in [0.3, 0.4) is 0 Å². The summed E-state index contributed by atoms with van der Waals surface area (Å²) in [6.45, 7) is 11.7. The number of nitrogens with zero attached hydrogens (tertiary/aromatic N) is 2. The van der Waals surface area contributed by atoms with Gasteiger partial charge < -0.3 is 19.9 Å². The number of nitrogens with one attached hydrogen (secondary N) is 1. The molecule has 1 aromatic rings. The van der Waals surface area contributed by atoms with E-state index in [1.54, 1.807) is 6.92 Å². The number of carbonyl (C=O) groups is 1. The van der Waals surface area contributed by atoms with E-state index in [1.165, 1.54) is 0 Å².